The Balaban J connectivity index is 0.00000672. The molecule has 0 atom stereocenters. The molecule has 11 aromatic carbocycles. The molecule has 400 valence electrons. The summed E-state index contributed by atoms with van der Waals surface area (Å²) in [4.78, 5) is 14.9. The van der Waals surface area contributed by atoms with Gasteiger partial charge in [-0.1, -0.05) is 263 Å². The smallest absolute Gasteiger partial charge is 0.305 e. The molecule has 0 aliphatic heterocycles. The molecule has 0 spiro atoms. The van der Waals surface area contributed by atoms with Gasteiger partial charge in [-0.25, -0.2) is 0 Å². The molecule has 0 fully saturated rings. The fourth-order valence-electron chi connectivity index (χ4n) is 11.3. The van der Waals surface area contributed by atoms with Gasteiger partial charge in [0.2, 0.25) is 0 Å². The van der Waals surface area contributed by atoms with Crippen LogP contribution in [-0.4, -0.2) is 15.0 Å². The van der Waals surface area contributed by atoms with Crippen LogP contribution in [0.2, 0.25) is 0 Å². The molecule has 0 saturated carbocycles. The molecule has 3 heterocycles. The van der Waals surface area contributed by atoms with E-state index in [2.05, 4.69) is 273 Å². The van der Waals surface area contributed by atoms with Gasteiger partial charge >= 0.3 is 20.1 Å². The van der Waals surface area contributed by atoms with Crippen LogP contribution < -0.4 is 0 Å². The van der Waals surface area contributed by atoms with Crippen LogP contribution in [-0.2, 0) is 20.1 Å². The summed E-state index contributed by atoms with van der Waals surface area (Å²) in [6, 6.07) is 120. The Morgan fingerprint density at radius 1 is 0.200 bits per heavy atom. The van der Waals surface area contributed by atoms with Gasteiger partial charge in [0, 0.05) is 6.20 Å². The molecule has 0 aliphatic carbocycles. The maximum absolute atomic E-state index is 5.06. The van der Waals surface area contributed by atoms with Gasteiger partial charge in [-0.05, 0) is 115 Å². The van der Waals surface area contributed by atoms with Crippen LogP contribution >= 0.6 is 0 Å². The van der Waals surface area contributed by atoms with Crippen molar-refractivity contribution < 1.29 is 20.1 Å². The first-order valence-corrected chi connectivity index (χ1v) is 28.3. The summed E-state index contributed by atoms with van der Waals surface area (Å²) in [7, 11) is 0. The second-order valence-corrected chi connectivity index (χ2v) is 20.8. The van der Waals surface area contributed by atoms with E-state index in [9.17, 15) is 0 Å². The first-order chi connectivity index (χ1) is 41.6. The molecular formula is C81H52IrN3. The summed E-state index contributed by atoms with van der Waals surface area (Å²) < 4.78 is 0. The van der Waals surface area contributed by atoms with Gasteiger partial charge in [0.05, 0.1) is 11.4 Å². The number of rotatable bonds is 13. The zero-order valence-corrected chi connectivity index (χ0v) is 48.6. The quantitative estimate of drug-likeness (QED) is 0.108. The summed E-state index contributed by atoms with van der Waals surface area (Å²) >= 11 is 0. The van der Waals surface area contributed by atoms with E-state index in [1.807, 2.05) is 60.8 Å². The van der Waals surface area contributed by atoms with Crippen molar-refractivity contribution in [2.45, 2.75) is 0 Å². The third-order valence-corrected chi connectivity index (χ3v) is 15.6. The Morgan fingerprint density at radius 2 is 0.565 bits per heavy atom. The van der Waals surface area contributed by atoms with E-state index in [0.717, 1.165) is 140 Å². The molecule has 4 heteroatoms. The Hall–Kier alpha value is -10.5. The van der Waals surface area contributed by atoms with E-state index in [1.54, 1.807) is 0 Å². The van der Waals surface area contributed by atoms with Gasteiger partial charge in [-0.2, -0.15) is 0 Å². The predicted octanol–water partition coefficient (Wildman–Crippen LogP) is 20.9. The van der Waals surface area contributed by atoms with Crippen molar-refractivity contribution in [3.63, 3.8) is 0 Å². The molecule has 0 saturated heterocycles. The first-order valence-electron chi connectivity index (χ1n) is 28.3. The van der Waals surface area contributed by atoms with Crippen molar-refractivity contribution in [3.05, 3.63) is 334 Å². The van der Waals surface area contributed by atoms with Gasteiger partial charge in [0.15, 0.2) is 0 Å². The van der Waals surface area contributed by atoms with Crippen molar-refractivity contribution >= 4 is 0 Å². The normalized spacial score (nSPS) is 11.0. The van der Waals surface area contributed by atoms with Crippen molar-refractivity contribution in [2.24, 2.45) is 0 Å². The zero-order chi connectivity index (χ0) is 56.0. The van der Waals surface area contributed by atoms with E-state index in [-0.39, 0.29) is 20.1 Å². The number of benzene rings is 11. The van der Waals surface area contributed by atoms with Crippen molar-refractivity contribution in [1.29, 1.82) is 0 Å². The van der Waals surface area contributed by atoms with Gasteiger partial charge in [0.1, 0.15) is 0 Å². The van der Waals surface area contributed by atoms with E-state index < -0.39 is 0 Å². The molecule has 0 N–H and O–H groups in total. The molecule has 0 aliphatic rings. The Bertz CT molecular complexity index is 4420. The standard InChI is InChI=1S/C81H52N3.Ir/c1-4-20-56(21-5-1)57-37-39-60(40-38-57)76-55-65(77-32-16-17-51-82-77)49-50-75(76)74-31-15-14-30-73(74)68-53-66(71-28-12-10-26-69(71)58-41-45-63(46-42-58)80-35-18-33-78(83-80)61-22-6-2-7-23-61)52-67(54-68)72-29-13-11-27-70(72)59-43-47-64(48-44-59)81-36-19-34-79(84-81)62-24-8-3-9-25-62;/h1-45,47,50-55H;/q-3;+3. The minimum absolute atomic E-state index is 0. The Labute approximate surface area is 510 Å². The Morgan fingerprint density at radius 3 is 1.02 bits per heavy atom. The number of hydrogen-bond donors (Lipinski definition) is 0. The zero-order valence-electron chi connectivity index (χ0n) is 46.2. The molecule has 14 aromatic rings. The summed E-state index contributed by atoms with van der Waals surface area (Å²) in [5.74, 6) is 0. The first kappa shape index (κ1) is 53.8. The molecule has 0 bridgehead atoms. The molecule has 0 radical (unpaired) electrons. The summed E-state index contributed by atoms with van der Waals surface area (Å²) in [6.07, 6.45) is 1.84. The molecular weight excluding hydrogens is 1210 g/mol. The Kier molecular flexibility index (Phi) is 15.5. The average Bonchev–Trinajstić information content (AvgIpc) is 3.76. The molecule has 3 nitrogen and oxygen atoms in total. The number of hydrogen-bond acceptors (Lipinski definition) is 3. The summed E-state index contributed by atoms with van der Waals surface area (Å²) in [5.41, 5.74) is 27.1. The van der Waals surface area contributed by atoms with Crippen LogP contribution in [0.3, 0.4) is 0 Å². The average molecular weight is 1260 g/mol. The minimum Gasteiger partial charge on any atom is -0.305 e. The fourth-order valence-corrected chi connectivity index (χ4v) is 11.3. The number of pyridine rings is 3. The third-order valence-electron chi connectivity index (χ3n) is 15.6. The maximum Gasteiger partial charge on any atom is 3.00 e. The van der Waals surface area contributed by atoms with Crippen molar-refractivity contribution in [2.75, 3.05) is 0 Å². The number of aromatic nitrogens is 3. The van der Waals surface area contributed by atoms with Crippen LogP contribution in [0, 0.1) is 18.2 Å². The monoisotopic (exact) mass is 1260 g/mol. The topological polar surface area (TPSA) is 38.7 Å². The number of nitrogens with zero attached hydrogens (tertiary/aromatic N) is 3. The van der Waals surface area contributed by atoms with E-state index in [1.165, 1.54) is 5.56 Å². The van der Waals surface area contributed by atoms with E-state index in [0.29, 0.717) is 0 Å². The minimum atomic E-state index is 0. The third kappa shape index (κ3) is 11.4. The van der Waals surface area contributed by atoms with Crippen LogP contribution in [0.4, 0.5) is 0 Å². The largest absolute Gasteiger partial charge is 3.00 e. The van der Waals surface area contributed by atoms with Crippen molar-refractivity contribution in [3.8, 4) is 145 Å². The fraction of sp³-hybridized carbons (Fsp3) is 0. The van der Waals surface area contributed by atoms with Gasteiger partial charge in [-0.3, -0.25) is 9.97 Å². The second kappa shape index (κ2) is 24.5. The van der Waals surface area contributed by atoms with Crippen LogP contribution in [0.5, 0.6) is 0 Å². The summed E-state index contributed by atoms with van der Waals surface area (Å²) in [6.45, 7) is 0. The predicted molar refractivity (Wildman–Crippen MR) is 347 cm³/mol. The molecule has 0 amide bonds. The van der Waals surface area contributed by atoms with Crippen LogP contribution in [0.25, 0.3) is 145 Å². The van der Waals surface area contributed by atoms with Gasteiger partial charge in [-0.15, -0.1) is 83.4 Å². The molecule has 0 unspecified atom stereocenters. The van der Waals surface area contributed by atoms with Crippen molar-refractivity contribution in [1.82, 2.24) is 15.0 Å². The second-order valence-electron chi connectivity index (χ2n) is 20.8. The SMILES string of the molecule is [Ir+3].[c-]1cc(-c2ccccc2-c2cc(-c3ccccc3-c3c[c-]c(-c4cccc(-c5ccccc5)n4)cc3)cc(-c3ccccc3-c3c[c-]c(-c4cccc(-c5ccccc5)n4)cc3)c2)c(-c2ccc(-c3ccccc3)cc2)cc1-c1ccccn1. The summed E-state index contributed by atoms with van der Waals surface area (Å²) in [5, 5.41) is 0. The van der Waals surface area contributed by atoms with Crippen LogP contribution in [0.15, 0.2) is 316 Å². The van der Waals surface area contributed by atoms with Gasteiger partial charge in [0.25, 0.3) is 0 Å². The molecule has 14 rings (SSSR count). The van der Waals surface area contributed by atoms with Crippen LogP contribution in [0.1, 0.15) is 0 Å². The van der Waals surface area contributed by atoms with E-state index in [4.69, 9.17) is 15.0 Å². The van der Waals surface area contributed by atoms with E-state index >= 15 is 0 Å². The maximum atomic E-state index is 5.06. The van der Waals surface area contributed by atoms with Gasteiger partial charge < -0.3 is 4.98 Å². The molecule has 85 heavy (non-hydrogen) atoms. The molecule has 3 aromatic heterocycles.